The molecule has 0 spiro atoms. The number of nitrogens with zero attached hydrogens (tertiary/aromatic N) is 1. The maximum Gasteiger partial charge on any atom is 0.262 e. The number of hydrogen-bond acceptors (Lipinski definition) is 6. The van der Waals surface area contributed by atoms with Crippen molar-refractivity contribution in [2.75, 3.05) is 13.4 Å². The van der Waals surface area contributed by atoms with E-state index in [9.17, 15) is 14.4 Å². The molecule has 0 radical (unpaired) electrons. The number of rotatable bonds is 23. The van der Waals surface area contributed by atoms with Crippen molar-refractivity contribution in [1.82, 2.24) is 10.2 Å². The van der Waals surface area contributed by atoms with Crippen LogP contribution in [0.4, 0.5) is 0 Å². The van der Waals surface area contributed by atoms with Crippen LogP contribution in [0.2, 0.25) is 43.8 Å². The van der Waals surface area contributed by atoms with Crippen LogP contribution in [-0.4, -0.2) is 70.6 Å². The Hall–Kier alpha value is -2.48. The molecular weight excluding hydrogens is 651 g/mol. The zero-order chi connectivity index (χ0) is 36.7. The molecule has 9 nitrogen and oxygen atoms in total. The Balaban J connectivity index is 1.99. The highest BCUT2D eigenvalue weighted by Crippen LogP contribution is 2.38. The lowest BCUT2D eigenvalue weighted by atomic mass is 9.99. The number of carbonyl (C=O) groups is 3. The van der Waals surface area contributed by atoms with Crippen molar-refractivity contribution >= 4 is 34.1 Å². The highest BCUT2D eigenvalue weighted by Gasteiger charge is 2.40. The lowest BCUT2D eigenvalue weighted by molar-refractivity contribution is -0.126. The molecule has 0 aliphatic carbocycles. The van der Waals surface area contributed by atoms with Crippen molar-refractivity contribution in [1.29, 1.82) is 0 Å². The summed E-state index contributed by atoms with van der Waals surface area (Å²) in [6.07, 6.45) is 13.0. The summed E-state index contributed by atoms with van der Waals surface area (Å²) in [6, 6.07) is 7.57. The van der Waals surface area contributed by atoms with Gasteiger partial charge in [-0.15, -0.1) is 0 Å². The Bertz CT molecular complexity index is 1210. The predicted molar refractivity (Wildman–Crippen MR) is 205 cm³/mol. The summed E-state index contributed by atoms with van der Waals surface area (Å²) in [5, 5.41) is 3.30. The molecule has 3 atom stereocenters. The zero-order valence-corrected chi connectivity index (χ0v) is 34.1. The predicted octanol–water partition coefficient (Wildman–Crippen LogP) is 8.39. The monoisotopic (exact) mass is 717 g/mol. The third kappa shape index (κ3) is 15.1. The Morgan fingerprint density at radius 1 is 0.959 bits per heavy atom. The Labute approximate surface area is 299 Å². The first-order valence-electron chi connectivity index (χ1n) is 18.5. The molecule has 0 aromatic heterocycles. The Morgan fingerprint density at radius 2 is 1.59 bits per heavy atom. The second-order valence-electron chi connectivity index (χ2n) is 16.3. The van der Waals surface area contributed by atoms with E-state index >= 15 is 0 Å². The van der Waals surface area contributed by atoms with Crippen LogP contribution in [0.5, 0.6) is 5.75 Å². The molecule has 0 saturated heterocycles. The van der Waals surface area contributed by atoms with Crippen molar-refractivity contribution in [3.63, 3.8) is 0 Å². The summed E-state index contributed by atoms with van der Waals surface area (Å²) < 4.78 is 17.9. The molecular formula is C38H67N3O6Si2. The maximum absolute atomic E-state index is 13.8. The highest BCUT2D eigenvalue weighted by atomic mass is 28.4. The third-order valence-corrected chi connectivity index (χ3v) is 15.9. The van der Waals surface area contributed by atoms with E-state index in [-0.39, 0.29) is 29.7 Å². The van der Waals surface area contributed by atoms with Gasteiger partial charge < -0.3 is 29.9 Å². The number of benzene rings is 1. The van der Waals surface area contributed by atoms with Gasteiger partial charge in [-0.3, -0.25) is 14.4 Å². The standard InChI is InChI=1S/C38H67N3O6Si2/c1-10-11-12-14-20-30(21-15-13-16-25-34(35(39)42)47-49(8,9)38(2,3)4)40-36(43)32-23-19-26-41(32)37(44)31-22-17-18-24-33(31)46-29-45-27-28-48(5,6)7/h17-19,22,24,26,30,32,34H,10-16,20-21,23,25,27-29H2,1-9H3,(H2,39,42)(H,40,43)/t30-,32+,34-/m1/s1. The Kier molecular flexibility index (Phi) is 17.8. The quantitative estimate of drug-likeness (QED) is 0.0667. The average Bonchev–Trinajstić information content (AvgIpc) is 3.51. The minimum absolute atomic E-state index is 0.00213. The molecule has 1 aromatic carbocycles. The van der Waals surface area contributed by atoms with Gasteiger partial charge in [-0.05, 0) is 62.0 Å². The molecule has 0 saturated carbocycles. The van der Waals surface area contributed by atoms with Gasteiger partial charge >= 0.3 is 0 Å². The normalized spacial score (nSPS) is 16.4. The minimum Gasteiger partial charge on any atom is -0.467 e. The van der Waals surface area contributed by atoms with Crippen LogP contribution < -0.4 is 15.8 Å². The van der Waals surface area contributed by atoms with Gasteiger partial charge in [0, 0.05) is 26.9 Å². The lowest BCUT2D eigenvalue weighted by Crippen LogP contribution is -2.48. The molecule has 0 fully saturated rings. The number of hydrogen-bond donors (Lipinski definition) is 2. The van der Waals surface area contributed by atoms with Gasteiger partial charge in [0.1, 0.15) is 17.9 Å². The first-order valence-corrected chi connectivity index (χ1v) is 25.1. The SMILES string of the molecule is CCCCCC[C@H](CCCCC[C@@H](O[Si](C)(C)C(C)(C)C)C(N)=O)NC(=O)[C@@H]1CC=CN1C(=O)c1ccccc1OCOCC[Si](C)(C)C. The van der Waals surface area contributed by atoms with Crippen LogP contribution in [-0.2, 0) is 18.8 Å². The minimum atomic E-state index is -2.12. The van der Waals surface area contributed by atoms with E-state index in [1.165, 1.54) is 11.3 Å². The zero-order valence-electron chi connectivity index (χ0n) is 32.1. The van der Waals surface area contributed by atoms with Crippen molar-refractivity contribution in [3.8, 4) is 5.75 Å². The highest BCUT2D eigenvalue weighted by molar-refractivity contribution is 6.76. The number of amides is 3. The summed E-state index contributed by atoms with van der Waals surface area (Å²) >= 11 is 0. The molecule has 3 N–H and O–H groups in total. The Morgan fingerprint density at radius 3 is 2.20 bits per heavy atom. The summed E-state index contributed by atoms with van der Waals surface area (Å²) in [7, 11) is -3.33. The average molecular weight is 718 g/mol. The summed E-state index contributed by atoms with van der Waals surface area (Å²) in [4.78, 5) is 41.2. The first kappa shape index (κ1) is 42.7. The number of unbranched alkanes of at least 4 members (excludes halogenated alkanes) is 5. The van der Waals surface area contributed by atoms with Gasteiger partial charge in [-0.1, -0.05) is 110 Å². The lowest BCUT2D eigenvalue weighted by Gasteiger charge is -2.38. The van der Waals surface area contributed by atoms with E-state index in [2.05, 4.69) is 65.7 Å². The van der Waals surface area contributed by atoms with Crippen molar-refractivity contribution in [3.05, 3.63) is 42.1 Å². The van der Waals surface area contributed by atoms with E-state index in [1.807, 2.05) is 12.1 Å². The second-order valence-corrected chi connectivity index (χ2v) is 26.7. The van der Waals surface area contributed by atoms with Gasteiger partial charge in [0.15, 0.2) is 15.1 Å². The fourth-order valence-electron chi connectivity index (χ4n) is 5.51. The van der Waals surface area contributed by atoms with Gasteiger partial charge in [0.25, 0.3) is 5.91 Å². The van der Waals surface area contributed by atoms with Crippen LogP contribution in [0.25, 0.3) is 0 Å². The van der Waals surface area contributed by atoms with E-state index < -0.39 is 34.4 Å². The molecule has 2 rings (SSSR count). The van der Waals surface area contributed by atoms with Gasteiger partial charge in [-0.25, -0.2) is 0 Å². The number of nitrogens with two attached hydrogens (primary N) is 1. The van der Waals surface area contributed by atoms with Crippen molar-refractivity contribution in [2.24, 2.45) is 5.73 Å². The maximum atomic E-state index is 13.8. The van der Waals surface area contributed by atoms with Crippen LogP contribution >= 0.6 is 0 Å². The fourth-order valence-corrected chi connectivity index (χ4v) is 7.56. The molecule has 1 aliphatic heterocycles. The van der Waals surface area contributed by atoms with Crippen molar-refractivity contribution < 1.29 is 28.3 Å². The van der Waals surface area contributed by atoms with E-state index in [0.29, 0.717) is 30.8 Å². The molecule has 3 amide bonds. The third-order valence-electron chi connectivity index (χ3n) is 9.74. The molecule has 0 bridgehead atoms. The summed E-state index contributed by atoms with van der Waals surface area (Å²) in [5.41, 5.74) is 6.14. The van der Waals surface area contributed by atoms with Crippen LogP contribution in [0.1, 0.15) is 109 Å². The molecule has 1 aliphatic rings. The summed E-state index contributed by atoms with van der Waals surface area (Å²) in [6.45, 7) is 20.5. The van der Waals surface area contributed by atoms with Gasteiger partial charge in [0.2, 0.25) is 11.8 Å². The molecule has 11 heteroatoms. The number of para-hydroxylation sites is 1. The number of primary amides is 1. The van der Waals surface area contributed by atoms with Gasteiger partial charge in [0.05, 0.1) is 5.56 Å². The topological polar surface area (TPSA) is 120 Å². The van der Waals surface area contributed by atoms with E-state index in [1.54, 1.807) is 24.4 Å². The van der Waals surface area contributed by atoms with E-state index in [0.717, 1.165) is 57.4 Å². The summed E-state index contributed by atoms with van der Waals surface area (Å²) in [5.74, 6) is -0.351. The molecule has 1 aromatic rings. The number of nitrogens with one attached hydrogen (secondary N) is 1. The molecule has 49 heavy (non-hydrogen) atoms. The van der Waals surface area contributed by atoms with Crippen molar-refractivity contribution in [2.45, 2.75) is 160 Å². The number of ether oxygens (including phenoxy) is 2. The van der Waals surface area contributed by atoms with Crippen LogP contribution in [0, 0.1) is 0 Å². The van der Waals surface area contributed by atoms with Crippen LogP contribution in [0.3, 0.4) is 0 Å². The second kappa shape index (κ2) is 20.4. The first-order chi connectivity index (χ1) is 23.0. The molecule has 1 heterocycles. The fraction of sp³-hybridized carbons (Fsp3) is 0.711. The van der Waals surface area contributed by atoms with Gasteiger partial charge in [-0.2, -0.15) is 0 Å². The smallest absolute Gasteiger partial charge is 0.262 e. The largest absolute Gasteiger partial charge is 0.467 e. The van der Waals surface area contributed by atoms with E-state index in [4.69, 9.17) is 19.6 Å². The molecule has 0 unspecified atom stereocenters. The molecule has 278 valence electrons. The number of carbonyl (C=O) groups excluding carboxylic acids is 3. The van der Waals surface area contributed by atoms with Crippen LogP contribution in [0.15, 0.2) is 36.5 Å².